The number of halogens is 1. The van der Waals surface area contributed by atoms with Crippen LogP contribution in [-0.2, 0) is 0 Å². The van der Waals surface area contributed by atoms with Gasteiger partial charge in [-0.3, -0.25) is 0 Å². The van der Waals surface area contributed by atoms with Crippen LogP contribution in [0.4, 0.5) is 5.69 Å². The molecule has 2 aromatic rings. The maximum atomic E-state index is 10.2. The topological polar surface area (TPSA) is 55.5 Å². The second-order valence-corrected chi connectivity index (χ2v) is 4.37. The molecule has 0 radical (unpaired) electrons. The SMILES string of the molecule is COc1ccc(C(O)c2ccc(N)cc2)cc1Cl. The van der Waals surface area contributed by atoms with Gasteiger partial charge in [-0.15, -0.1) is 0 Å². The Morgan fingerprint density at radius 2 is 1.72 bits per heavy atom. The molecule has 94 valence electrons. The van der Waals surface area contributed by atoms with Crippen molar-refractivity contribution in [2.45, 2.75) is 6.10 Å². The second-order valence-electron chi connectivity index (χ2n) is 3.96. The number of rotatable bonds is 3. The molecule has 4 heteroatoms. The molecule has 0 saturated carbocycles. The van der Waals surface area contributed by atoms with E-state index in [1.807, 2.05) is 0 Å². The predicted molar refractivity (Wildman–Crippen MR) is 72.9 cm³/mol. The van der Waals surface area contributed by atoms with E-state index in [2.05, 4.69) is 0 Å². The normalized spacial score (nSPS) is 12.2. The molecule has 0 fully saturated rings. The van der Waals surface area contributed by atoms with Crippen LogP contribution in [0.2, 0.25) is 5.02 Å². The first-order chi connectivity index (χ1) is 8.61. The Hall–Kier alpha value is -1.71. The van der Waals surface area contributed by atoms with Crippen LogP contribution in [0.25, 0.3) is 0 Å². The van der Waals surface area contributed by atoms with Gasteiger partial charge >= 0.3 is 0 Å². The fraction of sp³-hybridized carbons (Fsp3) is 0.143. The Labute approximate surface area is 111 Å². The molecule has 0 aliphatic carbocycles. The summed E-state index contributed by atoms with van der Waals surface area (Å²) in [4.78, 5) is 0. The highest BCUT2D eigenvalue weighted by molar-refractivity contribution is 6.32. The van der Waals surface area contributed by atoms with Crippen molar-refractivity contribution < 1.29 is 9.84 Å². The first-order valence-corrected chi connectivity index (χ1v) is 5.86. The van der Waals surface area contributed by atoms with Crippen molar-refractivity contribution >= 4 is 17.3 Å². The molecular formula is C14H14ClNO2. The van der Waals surface area contributed by atoms with Crippen LogP contribution in [0.3, 0.4) is 0 Å². The fourth-order valence-electron chi connectivity index (χ4n) is 1.72. The molecular weight excluding hydrogens is 250 g/mol. The standard InChI is InChI=1S/C14H14ClNO2/c1-18-13-7-4-10(8-12(13)15)14(17)9-2-5-11(16)6-3-9/h2-8,14,17H,16H2,1H3. The Kier molecular flexibility index (Phi) is 3.75. The maximum absolute atomic E-state index is 10.2. The summed E-state index contributed by atoms with van der Waals surface area (Å²) in [5.74, 6) is 0.588. The van der Waals surface area contributed by atoms with Gasteiger partial charge < -0.3 is 15.6 Å². The highest BCUT2D eigenvalue weighted by Gasteiger charge is 2.12. The number of hydrogen-bond acceptors (Lipinski definition) is 3. The maximum Gasteiger partial charge on any atom is 0.137 e. The molecule has 0 amide bonds. The third-order valence-corrected chi connectivity index (χ3v) is 3.04. The van der Waals surface area contributed by atoms with Crippen molar-refractivity contribution in [3.63, 3.8) is 0 Å². The number of ether oxygens (including phenoxy) is 1. The van der Waals surface area contributed by atoms with Gasteiger partial charge in [0.15, 0.2) is 0 Å². The molecule has 0 aliphatic rings. The van der Waals surface area contributed by atoms with Gasteiger partial charge in [-0.2, -0.15) is 0 Å². The summed E-state index contributed by atoms with van der Waals surface area (Å²) < 4.78 is 5.07. The van der Waals surface area contributed by atoms with Gasteiger partial charge in [0, 0.05) is 5.69 Å². The third kappa shape index (κ3) is 2.58. The molecule has 2 aromatic carbocycles. The van der Waals surface area contributed by atoms with Crippen molar-refractivity contribution in [1.29, 1.82) is 0 Å². The van der Waals surface area contributed by atoms with Crippen molar-refractivity contribution in [1.82, 2.24) is 0 Å². The number of methoxy groups -OCH3 is 1. The number of aliphatic hydroxyl groups excluding tert-OH is 1. The van der Waals surface area contributed by atoms with Crippen LogP contribution >= 0.6 is 11.6 Å². The Morgan fingerprint density at radius 3 is 2.28 bits per heavy atom. The molecule has 0 bridgehead atoms. The van der Waals surface area contributed by atoms with Gasteiger partial charge in [0.1, 0.15) is 11.9 Å². The van der Waals surface area contributed by atoms with E-state index in [1.54, 1.807) is 49.6 Å². The van der Waals surface area contributed by atoms with Crippen LogP contribution in [-0.4, -0.2) is 12.2 Å². The number of nitrogens with two attached hydrogens (primary N) is 1. The van der Waals surface area contributed by atoms with Crippen molar-refractivity contribution in [2.24, 2.45) is 0 Å². The average molecular weight is 264 g/mol. The summed E-state index contributed by atoms with van der Waals surface area (Å²) in [7, 11) is 1.55. The third-order valence-electron chi connectivity index (χ3n) is 2.74. The van der Waals surface area contributed by atoms with E-state index in [0.29, 0.717) is 22.0 Å². The Bertz CT molecular complexity index is 540. The van der Waals surface area contributed by atoms with Gasteiger partial charge in [0.05, 0.1) is 12.1 Å². The number of nitrogen functional groups attached to an aromatic ring is 1. The van der Waals surface area contributed by atoms with Gasteiger partial charge in [-0.25, -0.2) is 0 Å². The molecule has 3 N–H and O–H groups in total. The number of hydrogen-bond donors (Lipinski definition) is 2. The van der Waals surface area contributed by atoms with Crippen molar-refractivity contribution in [3.05, 3.63) is 58.6 Å². The van der Waals surface area contributed by atoms with Gasteiger partial charge in [-0.1, -0.05) is 29.8 Å². The van der Waals surface area contributed by atoms with Crippen LogP contribution in [0, 0.1) is 0 Å². The lowest BCUT2D eigenvalue weighted by atomic mass is 10.0. The molecule has 0 aliphatic heterocycles. The Morgan fingerprint density at radius 1 is 1.11 bits per heavy atom. The minimum absolute atomic E-state index is 0.476. The number of aliphatic hydroxyl groups is 1. The Balaban J connectivity index is 2.31. The molecule has 0 heterocycles. The summed E-state index contributed by atoms with van der Waals surface area (Å²) in [6.45, 7) is 0. The first kappa shape index (κ1) is 12.7. The van der Waals surface area contributed by atoms with E-state index < -0.39 is 6.10 Å². The monoisotopic (exact) mass is 263 g/mol. The minimum Gasteiger partial charge on any atom is -0.495 e. The van der Waals surface area contributed by atoms with Crippen LogP contribution in [0.15, 0.2) is 42.5 Å². The zero-order valence-electron chi connectivity index (χ0n) is 9.93. The van der Waals surface area contributed by atoms with Crippen LogP contribution in [0.5, 0.6) is 5.75 Å². The first-order valence-electron chi connectivity index (χ1n) is 5.48. The van der Waals surface area contributed by atoms with E-state index in [0.717, 1.165) is 5.56 Å². The molecule has 1 unspecified atom stereocenters. The van der Waals surface area contributed by atoms with Gasteiger partial charge in [0.2, 0.25) is 0 Å². The van der Waals surface area contributed by atoms with E-state index in [9.17, 15) is 5.11 Å². The van der Waals surface area contributed by atoms with Crippen molar-refractivity contribution in [3.8, 4) is 5.75 Å². The lowest BCUT2D eigenvalue weighted by Crippen LogP contribution is -2.00. The molecule has 18 heavy (non-hydrogen) atoms. The van der Waals surface area contributed by atoms with E-state index in [-0.39, 0.29) is 0 Å². The largest absolute Gasteiger partial charge is 0.495 e. The summed E-state index contributed by atoms with van der Waals surface area (Å²) >= 11 is 6.03. The van der Waals surface area contributed by atoms with Crippen LogP contribution in [0.1, 0.15) is 17.2 Å². The summed E-state index contributed by atoms with van der Waals surface area (Å²) in [5.41, 5.74) is 7.76. The molecule has 1 atom stereocenters. The number of anilines is 1. The minimum atomic E-state index is -0.728. The lowest BCUT2D eigenvalue weighted by molar-refractivity contribution is 0.220. The molecule has 3 nitrogen and oxygen atoms in total. The molecule has 0 spiro atoms. The van der Waals surface area contributed by atoms with E-state index in [1.165, 1.54) is 0 Å². The van der Waals surface area contributed by atoms with Crippen LogP contribution < -0.4 is 10.5 Å². The lowest BCUT2D eigenvalue weighted by Gasteiger charge is -2.13. The van der Waals surface area contributed by atoms with E-state index in [4.69, 9.17) is 22.1 Å². The van der Waals surface area contributed by atoms with Gasteiger partial charge in [-0.05, 0) is 35.4 Å². The predicted octanol–water partition coefficient (Wildman–Crippen LogP) is 3.01. The fourth-order valence-corrected chi connectivity index (χ4v) is 1.99. The molecule has 0 saturated heterocycles. The molecule has 2 rings (SSSR count). The summed E-state index contributed by atoms with van der Waals surface area (Å²) in [6, 6.07) is 12.3. The highest BCUT2D eigenvalue weighted by Crippen LogP contribution is 2.30. The summed E-state index contributed by atoms with van der Waals surface area (Å²) in [5, 5.41) is 10.7. The average Bonchev–Trinajstić information content (AvgIpc) is 2.38. The quantitative estimate of drug-likeness (QED) is 0.837. The summed E-state index contributed by atoms with van der Waals surface area (Å²) in [6.07, 6.45) is -0.728. The smallest absolute Gasteiger partial charge is 0.137 e. The second kappa shape index (κ2) is 5.29. The van der Waals surface area contributed by atoms with Crippen molar-refractivity contribution in [2.75, 3.05) is 12.8 Å². The highest BCUT2D eigenvalue weighted by atomic mass is 35.5. The van der Waals surface area contributed by atoms with Gasteiger partial charge in [0.25, 0.3) is 0 Å². The van der Waals surface area contributed by atoms with E-state index >= 15 is 0 Å². The number of benzene rings is 2. The molecule has 0 aromatic heterocycles. The zero-order valence-corrected chi connectivity index (χ0v) is 10.7. The zero-order chi connectivity index (χ0) is 13.1.